The van der Waals surface area contributed by atoms with Crippen molar-refractivity contribution in [3.63, 3.8) is 0 Å². The molecule has 0 fully saturated rings. The van der Waals surface area contributed by atoms with Gasteiger partial charge < -0.3 is 5.73 Å². The molecule has 0 unspecified atom stereocenters. The fraction of sp³-hybridized carbons (Fsp3) is 0.333. The summed E-state index contributed by atoms with van der Waals surface area (Å²) in [5.41, 5.74) is 4.23. The lowest BCUT2D eigenvalue weighted by Crippen LogP contribution is -2.26. The number of ketones is 1. The van der Waals surface area contributed by atoms with Gasteiger partial charge in [0.05, 0.1) is 11.9 Å². The predicted octanol–water partition coefficient (Wildman–Crippen LogP) is 0.747. The minimum absolute atomic E-state index is 0.273. The van der Waals surface area contributed by atoms with Crippen LogP contribution in [0.4, 0.5) is 18.9 Å². The smallest absolute Gasteiger partial charge is 0.396 e. The number of nitrogens with zero attached hydrogens (tertiary/aromatic N) is 2. The Morgan fingerprint density at radius 2 is 2.15 bits per heavy atom. The molecule has 0 saturated heterocycles. The van der Waals surface area contributed by atoms with Crippen molar-refractivity contribution in [3.05, 3.63) is 11.9 Å². The summed E-state index contributed by atoms with van der Waals surface area (Å²) in [5, 5.41) is 3.42. The Morgan fingerprint density at radius 1 is 1.62 bits per heavy atom. The maximum Gasteiger partial charge on any atom is 0.456 e. The molecule has 0 amide bonds. The third-order valence-corrected chi connectivity index (χ3v) is 1.44. The third-order valence-electron chi connectivity index (χ3n) is 1.44. The van der Waals surface area contributed by atoms with Gasteiger partial charge in [0.2, 0.25) is 0 Å². The molecule has 0 spiro atoms. The Hall–Kier alpha value is -1.53. The van der Waals surface area contributed by atoms with Gasteiger partial charge in [-0.2, -0.15) is 18.3 Å². The molecule has 7 heteroatoms. The van der Waals surface area contributed by atoms with Crippen LogP contribution < -0.4 is 5.73 Å². The van der Waals surface area contributed by atoms with Crippen LogP contribution in [-0.4, -0.2) is 21.7 Å². The van der Waals surface area contributed by atoms with E-state index in [9.17, 15) is 18.0 Å². The van der Waals surface area contributed by atoms with E-state index >= 15 is 0 Å². The fourth-order valence-corrected chi connectivity index (χ4v) is 0.867. The highest BCUT2D eigenvalue weighted by atomic mass is 19.4. The molecule has 1 aromatic heterocycles. The normalized spacial score (nSPS) is 11.7. The van der Waals surface area contributed by atoms with Crippen molar-refractivity contribution in [2.24, 2.45) is 7.05 Å². The van der Waals surface area contributed by atoms with Gasteiger partial charge in [-0.25, -0.2) is 0 Å². The van der Waals surface area contributed by atoms with Crippen molar-refractivity contribution in [1.82, 2.24) is 9.78 Å². The van der Waals surface area contributed by atoms with E-state index in [0.717, 1.165) is 10.9 Å². The van der Waals surface area contributed by atoms with Crippen LogP contribution in [0, 0.1) is 0 Å². The van der Waals surface area contributed by atoms with Gasteiger partial charge in [0, 0.05) is 7.05 Å². The van der Waals surface area contributed by atoms with Crippen molar-refractivity contribution >= 4 is 11.5 Å². The van der Waals surface area contributed by atoms with Crippen LogP contribution in [0.15, 0.2) is 6.20 Å². The SMILES string of the molecule is Cn1ncc(N)c1C(=O)C(F)(F)F. The fourth-order valence-electron chi connectivity index (χ4n) is 0.867. The number of halogens is 3. The Kier molecular flexibility index (Phi) is 2.02. The average Bonchev–Trinajstić information content (AvgIpc) is 2.28. The van der Waals surface area contributed by atoms with Gasteiger partial charge in [0.15, 0.2) is 0 Å². The zero-order valence-electron chi connectivity index (χ0n) is 6.59. The van der Waals surface area contributed by atoms with Gasteiger partial charge in [0.1, 0.15) is 5.69 Å². The largest absolute Gasteiger partial charge is 0.456 e. The molecule has 0 aliphatic heterocycles. The van der Waals surface area contributed by atoms with Crippen molar-refractivity contribution in [2.45, 2.75) is 6.18 Å². The van der Waals surface area contributed by atoms with E-state index in [0.29, 0.717) is 0 Å². The monoisotopic (exact) mass is 193 g/mol. The molecule has 0 bridgehead atoms. The highest BCUT2D eigenvalue weighted by Gasteiger charge is 2.42. The number of anilines is 1. The molecule has 13 heavy (non-hydrogen) atoms. The summed E-state index contributed by atoms with van der Waals surface area (Å²) in [5.74, 6) is -1.98. The first kappa shape index (κ1) is 9.56. The van der Waals surface area contributed by atoms with E-state index in [4.69, 9.17) is 5.73 Å². The van der Waals surface area contributed by atoms with E-state index in [1.165, 1.54) is 7.05 Å². The number of carbonyl (C=O) groups excluding carboxylic acids is 1. The summed E-state index contributed by atoms with van der Waals surface area (Å²) in [6.45, 7) is 0. The molecule has 72 valence electrons. The molecule has 0 aliphatic rings. The van der Waals surface area contributed by atoms with Gasteiger partial charge in [-0.05, 0) is 0 Å². The van der Waals surface area contributed by atoms with Gasteiger partial charge in [-0.1, -0.05) is 0 Å². The zero-order valence-corrected chi connectivity index (χ0v) is 6.59. The lowest BCUT2D eigenvalue weighted by atomic mass is 10.2. The first-order chi connectivity index (χ1) is 5.84. The molecule has 0 aliphatic carbocycles. The van der Waals surface area contributed by atoms with Gasteiger partial charge in [-0.15, -0.1) is 0 Å². The van der Waals surface area contributed by atoms with Gasteiger partial charge in [0.25, 0.3) is 5.78 Å². The second-order valence-electron chi connectivity index (χ2n) is 2.40. The molecular formula is C6H6F3N3O. The van der Waals surface area contributed by atoms with Crippen LogP contribution in [0.2, 0.25) is 0 Å². The number of aryl methyl sites for hydroxylation is 1. The quantitative estimate of drug-likeness (QED) is 0.669. The maximum absolute atomic E-state index is 11.9. The van der Waals surface area contributed by atoms with Crippen LogP contribution in [0.1, 0.15) is 10.5 Å². The number of aromatic nitrogens is 2. The minimum atomic E-state index is -4.91. The summed E-state index contributed by atoms with van der Waals surface area (Å²) in [4.78, 5) is 10.7. The molecule has 0 radical (unpaired) electrons. The van der Waals surface area contributed by atoms with Crippen molar-refractivity contribution in [1.29, 1.82) is 0 Å². The van der Waals surface area contributed by atoms with E-state index in [1.807, 2.05) is 0 Å². The molecule has 0 saturated carbocycles. The molecule has 0 atom stereocenters. The number of carbonyl (C=O) groups is 1. The lowest BCUT2D eigenvalue weighted by molar-refractivity contribution is -0.0890. The summed E-state index contributed by atoms with van der Waals surface area (Å²) in [7, 11) is 1.22. The van der Waals surface area contributed by atoms with Crippen LogP contribution >= 0.6 is 0 Å². The van der Waals surface area contributed by atoms with Crippen LogP contribution in [0.25, 0.3) is 0 Å². The first-order valence-electron chi connectivity index (χ1n) is 3.23. The Labute approximate surface area is 71.1 Å². The Morgan fingerprint density at radius 3 is 2.46 bits per heavy atom. The van der Waals surface area contributed by atoms with Crippen LogP contribution in [0.3, 0.4) is 0 Å². The van der Waals surface area contributed by atoms with E-state index in [2.05, 4.69) is 5.10 Å². The van der Waals surface area contributed by atoms with E-state index in [1.54, 1.807) is 0 Å². The predicted molar refractivity (Wildman–Crippen MR) is 38.0 cm³/mol. The van der Waals surface area contributed by atoms with E-state index < -0.39 is 17.7 Å². The molecule has 1 rings (SSSR count). The third kappa shape index (κ3) is 1.63. The number of nitrogen functional groups attached to an aromatic ring is 1. The minimum Gasteiger partial charge on any atom is -0.396 e. The molecule has 1 heterocycles. The maximum atomic E-state index is 11.9. The second-order valence-corrected chi connectivity index (χ2v) is 2.40. The molecule has 2 N–H and O–H groups in total. The van der Waals surface area contributed by atoms with Crippen LogP contribution in [0.5, 0.6) is 0 Å². The van der Waals surface area contributed by atoms with Gasteiger partial charge >= 0.3 is 6.18 Å². The van der Waals surface area contributed by atoms with Crippen LogP contribution in [-0.2, 0) is 7.05 Å². The summed E-state index contributed by atoms with van der Waals surface area (Å²) in [6, 6.07) is 0. The molecule has 1 aromatic rings. The highest BCUT2D eigenvalue weighted by Crippen LogP contribution is 2.23. The number of alkyl halides is 3. The van der Waals surface area contributed by atoms with E-state index in [-0.39, 0.29) is 5.69 Å². The molecule has 0 aromatic carbocycles. The number of rotatable bonds is 1. The number of hydrogen-bond acceptors (Lipinski definition) is 3. The Bertz CT molecular complexity index is 322. The van der Waals surface area contributed by atoms with Crippen molar-refractivity contribution in [2.75, 3.05) is 5.73 Å². The van der Waals surface area contributed by atoms with Gasteiger partial charge in [-0.3, -0.25) is 9.48 Å². The topological polar surface area (TPSA) is 60.9 Å². The highest BCUT2D eigenvalue weighted by molar-refractivity contribution is 6.02. The lowest BCUT2D eigenvalue weighted by Gasteiger charge is -2.05. The molecule has 4 nitrogen and oxygen atoms in total. The summed E-state index contributed by atoms with van der Waals surface area (Å²) >= 11 is 0. The molecular weight excluding hydrogens is 187 g/mol. The average molecular weight is 193 g/mol. The number of nitrogens with two attached hydrogens (primary N) is 1. The number of hydrogen-bond donors (Lipinski definition) is 1. The summed E-state index contributed by atoms with van der Waals surface area (Å²) < 4.78 is 36.6. The standard InChI is InChI=1S/C6H6F3N3O/c1-12-4(3(10)2-11-12)5(13)6(7,8)9/h2H,10H2,1H3. The zero-order chi connectivity index (χ0) is 10.2. The van der Waals surface area contributed by atoms with Crippen molar-refractivity contribution in [3.8, 4) is 0 Å². The number of Topliss-reactive ketones (excluding diaryl/α,β-unsaturated/α-hetero) is 1. The summed E-state index contributed by atoms with van der Waals surface area (Å²) in [6.07, 6.45) is -3.92. The second kappa shape index (κ2) is 2.75. The Balaban J connectivity index is 3.16. The van der Waals surface area contributed by atoms with Crippen molar-refractivity contribution < 1.29 is 18.0 Å². The first-order valence-corrected chi connectivity index (χ1v) is 3.23.